The molecule has 6 nitrogen and oxygen atoms in total. The molecule has 0 amide bonds. The van der Waals surface area contributed by atoms with Crippen LogP contribution in [0, 0.1) is 34.0 Å². The standard InChI is InChI=1S/C62H36N6/c63-37-44-19-7-9-21-48(44)42-27-29-59-53(31-42)50-23-11-13-25-57(50)67(59)61-36-52(46-33-55(40-15-3-1-4-16-40)66-56(34-46)41-17-5-2-6-18-41)62(35-47(61)39-65)68-58-26-14-12-24-51(58)54-32-43(28-30-60(54)68)49-22-10-8-20-45(49)38-64/h1-36H. The molecule has 0 radical (unpaired) electrons. The lowest BCUT2D eigenvalue weighted by Crippen LogP contribution is -2.04. The zero-order valence-electron chi connectivity index (χ0n) is 36.5. The Hall–Kier alpha value is -9.80. The summed E-state index contributed by atoms with van der Waals surface area (Å²) < 4.78 is 4.48. The topological polar surface area (TPSA) is 94.1 Å². The number of hydrogen-bond acceptors (Lipinski definition) is 4. The fourth-order valence-corrected chi connectivity index (χ4v) is 9.93. The Morgan fingerprint density at radius 2 is 0.721 bits per heavy atom. The highest BCUT2D eigenvalue weighted by Gasteiger charge is 2.24. The second-order valence-corrected chi connectivity index (χ2v) is 16.8. The molecule has 0 atom stereocenters. The second kappa shape index (κ2) is 16.3. The average Bonchev–Trinajstić information content (AvgIpc) is 3.92. The number of benzene rings is 9. The molecule has 3 aromatic heterocycles. The Morgan fingerprint density at radius 1 is 0.294 bits per heavy atom. The summed E-state index contributed by atoms with van der Waals surface area (Å²) in [6.45, 7) is 0. The van der Waals surface area contributed by atoms with Gasteiger partial charge in [0, 0.05) is 38.2 Å². The zero-order valence-corrected chi connectivity index (χ0v) is 36.5. The minimum absolute atomic E-state index is 0.497. The van der Waals surface area contributed by atoms with Crippen LogP contribution in [-0.4, -0.2) is 14.1 Å². The Kier molecular flexibility index (Phi) is 9.55. The summed E-state index contributed by atoms with van der Waals surface area (Å²) in [5.74, 6) is 0. The molecule has 0 spiro atoms. The van der Waals surface area contributed by atoms with Crippen LogP contribution in [0.5, 0.6) is 0 Å². The van der Waals surface area contributed by atoms with Crippen LogP contribution in [0.4, 0.5) is 0 Å². The lowest BCUT2D eigenvalue weighted by atomic mass is 9.96. The van der Waals surface area contributed by atoms with Crippen LogP contribution in [0.1, 0.15) is 16.7 Å². The summed E-state index contributed by atoms with van der Waals surface area (Å²) in [4.78, 5) is 5.27. The van der Waals surface area contributed by atoms with Crippen molar-refractivity contribution < 1.29 is 0 Å². The van der Waals surface area contributed by atoms with Gasteiger partial charge in [0.15, 0.2) is 0 Å². The highest BCUT2D eigenvalue weighted by molar-refractivity contribution is 6.13. The van der Waals surface area contributed by atoms with E-state index in [-0.39, 0.29) is 0 Å². The maximum Gasteiger partial charge on any atom is 0.101 e. The molecule has 0 aliphatic heterocycles. The molecule has 0 N–H and O–H groups in total. The number of aromatic nitrogens is 3. The summed E-state index contributed by atoms with van der Waals surface area (Å²) in [6, 6.07) is 81.2. The molecule has 12 rings (SSSR count). The van der Waals surface area contributed by atoms with Gasteiger partial charge in [0.25, 0.3) is 0 Å². The average molecular weight is 865 g/mol. The predicted octanol–water partition coefficient (Wildman–Crippen LogP) is 15.2. The third-order valence-corrected chi connectivity index (χ3v) is 13.1. The molecule has 68 heavy (non-hydrogen) atoms. The van der Waals surface area contributed by atoms with Crippen molar-refractivity contribution in [1.29, 1.82) is 15.8 Å². The quantitative estimate of drug-likeness (QED) is 0.159. The van der Waals surface area contributed by atoms with Gasteiger partial charge in [-0.25, -0.2) is 4.98 Å². The molecule has 0 saturated heterocycles. The normalized spacial score (nSPS) is 11.2. The molecule has 0 unspecified atom stereocenters. The van der Waals surface area contributed by atoms with Crippen LogP contribution in [0.25, 0.3) is 111 Å². The maximum absolute atomic E-state index is 11.4. The Labute approximate surface area is 392 Å². The van der Waals surface area contributed by atoms with Crippen LogP contribution in [0.2, 0.25) is 0 Å². The highest BCUT2D eigenvalue weighted by atomic mass is 15.0. The van der Waals surface area contributed by atoms with Crippen molar-refractivity contribution in [2.45, 2.75) is 0 Å². The fourth-order valence-electron chi connectivity index (χ4n) is 9.93. The smallest absolute Gasteiger partial charge is 0.101 e. The Morgan fingerprint density at radius 3 is 1.22 bits per heavy atom. The Bertz CT molecular complexity index is 4060. The summed E-state index contributed by atoms with van der Waals surface area (Å²) in [7, 11) is 0. The second-order valence-electron chi connectivity index (χ2n) is 16.8. The molecule has 6 heteroatoms. The van der Waals surface area contributed by atoms with Gasteiger partial charge < -0.3 is 9.13 Å². The van der Waals surface area contributed by atoms with Crippen molar-refractivity contribution in [3.8, 4) is 85.5 Å². The van der Waals surface area contributed by atoms with Gasteiger partial charge in [0.2, 0.25) is 0 Å². The van der Waals surface area contributed by atoms with Crippen molar-refractivity contribution in [3.05, 3.63) is 235 Å². The summed E-state index contributed by atoms with van der Waals surface area (Å²) >= 11 is 0. The first-order valence-electron chi connectivity index (χ1n) is 22.4. The molecule has 3 heterocycles. The van der Waals surface area contributed by atoms with Crippen molar-refractivity contribution >= 4 is 43.6 Å². The summed E-state index contributed by atoms with van der Waals surface area (Å²) in [5, 5.41) is 35.6. The molecule has 0 fully saturated rings. The lowest BCUT2D eigenvalue weighted by molar-refractivity contribution is 1.13. The van der Waals surface area contributed by atoms with Gasteiger partial charge in [-0.3, -0.25) is 0 Å². The van der Waals surface area contributed by atoms with Gasteiger partial charge in [-0.2, -0.15) is 15.8 Å². The van der Waals surface area contributed by atoms with E-state index in [0.29, 0.717) is 16.7 Å². The van der Waals surface area contributed by atoms with Gasteiger partial charge in [-0.1, -0.05) is 146 Å². The van der Waals surface area contributed by atoms with Crippen molar-refractivity contribution in [2.24, 2.45) is 0 Å². The van der Waals surface area contributed by atoms with E-state index in [1.807, 2.05) is 103 Å². The minimum Gasteiger partial charge on any atom is -0.309 e. The number of nitriles is 3. The van der Waals surface area contributed by atoms with Gasteiger partial charge >= 0.3 is 0 Å². The van der Waals surface area contributed by atoms with Crippen LogP contribution in [-0.2, 0) is 0 Å². The zero-order chi connectivity index (χ0) is 45.7. The van der Waals surface area contributed by atoms with Gasteiger partial charge in [-0.15, -0.1) is 0 Å². The maximum atomic E-state index is 11.4. The third-order valence-electron chi connectivity index (χ3n) is 13.1. The number of nitrogens with zero attached hydrogens (tertiary/aromatic N) is 6. The van der Waals surface area contributed by atoms with E-state index in [1.54, 1.807) is 0 Å². The molecule has 0 aliphatic rings. The van der Waals surface area contributed by atoms with E-state index in [2.05, 4.69) is 143 Å². The number of hydrogen-bond donors (Lipinski definition) is 0. The fraction of sp³-hybridized carbons (Fsp3) is 0. The first kappa shape index (κ1) is 39.8. The van der Waals surface area contributed by atoms with Crippen LogP contribution in [0.3, 0.4) is 0 Å². The molecule has 9 aromatic carbocycles. The molecule has 12 aromatic rings. The number of pyridine rings is 1. The lowest BCUT2D eigenvalue weighted by Gasteiger charge is -2.20. The first-order chi connectivity index (χ1) is 33.6. The summed E-state index contributed by atoms with van der Waals surface area (Å²) in [6.07, 6.45) is 0. The highest BCUT2D eigenvalue weighted by Crippen LogP contribution is 2.43. The van der Waals surface area contributed by atoms with Gasteiger partial charge in [-0.05, 0) is 101 Å². The number of para-hydroxylation sites is 2. The number of fused-ring (bicyclic) bond motifs is 6. The molecular formula is C62H36N6. The minimum atomic E-state index is 0.497. The van der Waals surface area contributed by atoms with E-state index < -0.39 is 0 Å². The molecule has 314 valence electrons. The van der Waals surface area contributed by atoms with Crippen molar-refractivity contribution in [3.63, 3.8) is 0 Å². The summed E-state index contributed by atoms with van der Waals surface area (Å²) in [5.41, 5.74) is 16.2. The van der Waals surface area contributed by atoms with Gasteiger partial charge in [0.05, 0.1) is 73.7 Å². The molecule has 0 aliphatic carbocycles. The van der Waals surface area contributed by atoms with Crippen LogP contribution >= 0.6 is 0 Å². The van der Waals surface area contributed by atoms with E-state index in [9.17, 15) is 15.8 Å². The van der Waals surface area contributed by atoms with E-state index in [0.717, 1.165) is 111 Å². The van der Waals surface area contributed by atoms with Crippen molar-refractivity contribution in [1.82, 2.24) is 14.1 Å². The van der Waals surface area contributed by atoms with Crippen molar-refractivity contribution in [2.75, 3.05) is 0 Å². The van der Waals surface area contributed by atoms with E-state index >= 15 is 0 Å². The SMILES string of the molecule is N#Cc1ccccc1-c1ccc2c(c1)c1ccccc1n2-c1cc(-c2cc(-c3ccccc3)nc(-c3ccccc3)c2)c(-n2c3ccccc3c3cc(-c4ccccc4C#N)ccc32)cc1C#N. The largest absolute Gasteiger partial charge is 0.309 e. The predicted molar refractivity (Wildman–Crippen MR) is 274 cm³/mol. The first-order valence-corrected chi connectivity index (χ1v) is 22.4. The molecule has 0 bridgehead atoms. The Balaban J connectivity index is 1.18. The van der Waals surface area contributed by atoms with Crippen LogP contribution < -0.4 is 0 Å². The van der Waals surface area contributed by atoms with Gasteiger partial charge in [0.1, 0.15) is 6.07 Å². The third kappa shape index (κ3) is 6.51. The van der Waals surface area contributed by atoms with Crippen LogP contribution in [0.15, 0.2) is 218 Å². The molecule has 0 saturated carbocycles. The van der Waals surface area contributed by atoms with E-state index in [1.165, 1.54) is 0 Å². The number of rotatable bonds is 7. The monoisotopic (exact) mass is 864 g/mol. The van der Waals surface area contributed by atoms with E-state index in [4.69, 9.17) is 4.98 Å². The molecular weight excluding hydrogens is 829 g/mol.